The Hall–Kier alpha value is -0.570. The quantitative estimate of drug-likeness (QED) is 0.702. The highest BCUT2D eigenvalue weighted by Crippen LogP contribution is 2.44. The SMILES string of the molecule is CCCC[C@H](N)C(=O)NC1CC1(C)C. The minimum absolute atomic E-state index is 0.0222. The summed E-state index contributed by atoms with van der Waals surface area (Å²) < 4.78 is 0. The van der Waals surface area contributed by atoms with Crippen LogP contribution in [0.1, 0.15) is 46.5 Å². The predicted molar refractivity (Wildman–Crippen MR) is 57.8 cm³/mol. The maximum absolute atomic E-state index is 11.6. The summed E-state index contributed by atoms with van der Waals surface area (Å²) in [6.45, 7) is 6.43. The minimum Gasteiger partial charge on any atom is -0.351 e. The van der Waals surface area contributed by atoms with E-state index in [1.165, 1.54) is 0 Å². The van der Waals surface area contributed by atoms with Crippen LogP contribution in [0.25, 0.3) is 0 Å². The van der Waals surface area contributed by atoms with Crippen LogP contribution in [-0.4, -0.2) is 18.0 Å². The molecular weight excluding hydrogens is 176 g/mol. The molecule has 0 aromatic carbocycles. The van der Waals surface area contributed by atoms with Crippen molar-refractivity contribution in [3.8, 4) is 0 Å². The lowest BCUT2D eigenvalue weighted by Gasteiger charge is -2.12. The van der Waals surface area contributed by atoms with Crippen LogP contribution in [0.15, 0.2) is 0 Å². The van der Waals surface area contributed by atoms with Gasteiger partial charge < -0.3 is 11.1 Å². The van der Waals surface area contributed by atoms with E-state index in [0.717, 1.165) is 25.7 Å². The number of carbonyl (C=O) groups excluding carboxylic acids is 1. The summed E-state index contributed by atoms with van der Waals surface area (Å²) >= 11 is 0. The van der Waals surface area contributed by atoms with E-state index in [9.17, 15) is 4.79 Å². The molecule has 0 heterocycles. The van der Waals surface area contributed by atoms with Crippen molar-refractivity contribution in [1.82, 2.24) is 5.32 Å². The summed E-state index contributed by atoms with van der Waals surface area (Å²) in [6.07, 6.45) is 4.01. The van der Waals surface area contributed by atoms with Gasteiger partial charge in [0.25, 0.3) is 0 Å². The Kier molecular flexibility index (Phi) is 3.53. The Balaban J connectivity index is 2.22. The van der Waals surface area contributed by atoms with E-state index in [2.05, 4.69) is 26.1 Å². The van der Waals surface area contributed by atoms with E-state index >= 15 is 0 Å². The number of hydrogen-bond donors (Lipinski definition) is 2. The summed E-state index contributed by atoms with van der Waals surface area (Å²) in [4.78, 5) is 11.6. The molecule has 3 heteroatoms. The maximum atomic E-state index is 11.6. The second-order valence-corrected chi connectivity index (χ2v) is 5.00. The molecule has 0 aromatic heterocycles. The molecule has 1 amide bonds. The van der Waals surface area contributed by atoms with Crippen molar-refractivity contribution in [1.29, 1.82) is 0 Å². The highest BCUT2D eigenvalue weighted by atomic mass is 16.2. The van der Waals surface area contributed by atoms with Gasteiger partial charge in [-0.2, -0.15) is 0 Å². The highest BCUT2D eigenvalue weighted by molar-refractivity contribution is 5.82. The van der Waals surface area contributed by atoms with Gasteiger partial charge in [-0.05, 0) is 18.3 Å². The van der Waals surface area contributed by atoms with Gasteiger partial charge in [-0.1, -0.05) is 33.6 Å². The van der Waals surface area contributed by atoms with Gasteiger partial charge in [0.1, 0.15) is 0 Å². The van der Waals surface area contributed by atoms with Crippen molar-refractivity contribution < 1.29 is 4.79 Å². The molecule has 0 radical (unpaired) electrons. The van der Waals surface area contributed by atoms with E-state index in [1.54, 1.807) is 0 Å². The lowest BCUT2D eigenvalue weighted by molar-refractivity contribution is -0.122. The molecule has 0 aliphatic heterocycles. The van der Waals surface area contributed by atoms with Crippen LogP contribution in [0.4, 0.5) is 0 Å². The van der Waals surface area contributed by atoms with Crippen LogP contribution in [-0.2, 0) is 4.79 Å². The lowest BCUT2D eigenvalue weighted by Crippen LogP contribution is -2.42. The molecule has 0 bridgehead atoms. The lowest BCUT2D eigenvalue weighted by atomic mass is 10.1. The van der Waals surface area contributed by atoms with Gasteiger partial charge in [-0.25, -0.2) is 0 Å². The van der Waals surface area contributed by atoms with E-state index in [0.29, 0.717) is 11.5 Å². The average Bonchev–Trinajstić information content (AvgIpc) is 2.69. The van der Waals surface area contributed by atoms with Crippen LogP contribution >= 0.6 is 0 Å². The molecule has 82 valence electrons. The molecule has 1 unspecified atom stereocenters. The Morgan fingerprint density at radius 3 is 2.64 bits per heavy atom. The Morgan fingerprint density at radius 1 is 1.64 bits per heavy atom. The third-order valence-electron chi connectivity index (χ3n) is 3.04. The number of carbonyl (C=O) groups is 1. The number of amides is 1. The van der Waals surface area contributed by atoms with E-state index < -0.39 is 0 Å². The van der Waals surface area contributed by atoms with Gasteiger partial charge in [0.05, 0.1) is 6.04 Å². The van der Waals surface area contributed by atoms with Crippen molar-refractivity contribution in [2.75, 3.05) is 0 Å². The Morgan fingerprint density at radius 2 is 2.21 bits per heavy atom. The molecule has 14 heavy (non-hydrogen) atoms. The number of unbranched alkanes of at least 4 members (excludes halogenated alkanes) is 1. The zero-order valence-corrected chi connectivity index (χ0v) is 9.47. The second-order valence-electron chi connectivity index (χ2n) is 5.00. The standard InChI is InChI=1S/C11H22N2O/c1-4-5-6-8(12)10(14)13-9-7-11(9,2)3/h8-9H,4-7,12H2,1-3H3,(H,13,14)/t8-,9?/m0/s1. The van der Waals surface area contributed by atoms with Gasteiger partial charge in [-0.15, -0.1) is 0 Å². The molecule has 0 spiro atoms. The molecular formula is C11H22N2O. The van der Waals surface area contributed by atoms with Crippen molar-refractivity contribution in [3.05, 3.63) is 0 Å². The van der Waals surface area contributed by atoms with Gasteiger partial charge >= 0.3 is 0 Å². The first kappa shape index (κ1) is 11.5. The highest BCUT2D eigenvalue weighted by Gasteiger charge is 2.46. The third kappa shape index (κ3) is 2.98. The van der Waals surface area contributed by atoms with Gasteiger partial charge in [0.15, 0.2) is 0 Å². The molecule has 1 aliphatic rings. The van der Waals surface area contributed by atoms with Crippen LogP contribution in [0.2, 0.25) is 0 Å². The summed E-state index contributed by atoms with van der Waals surface area (Å²) in [7, 11) is 0. The Labute approximate surface area is 86.4 Å². The monoisotopic (exact) mass is 198 g/mol. The molecule has 1 rings (SSSR count). The number of nitrogens with two attached hydrogens (primary N) is 1. The van der Waals surface area contributed by atoms with Gasteiger partial charge in [0.2, 0.25) is 5.91 Å². The van der Waals surface area contributed by atoms with Crippen molar-refractivity contribution in [2.45, 2.75) is 58.5 Å². The van der Waals surface area contributed by atoms with Gasteiger partial charge in [0, 0.05) is 6.04 Å². The number of rotatable bonds is 5. The molecule has 0 aromatic rings. The normalized spacial score (nSPS) is 25.6. The summed E-state index contributed by atoms with van der Waals surface area (Å²) in [5, 5.41) is 2.99. The zero-order chi connectivity index (χ0) is 10.8. The van der Waals surface area contributed by atoms with Crippen LogP contribution < -0.4 is 11.1 Å². The molecule has 3 N–H and O–H groups in total. The van der Waals surface area contributed by atoms with Crippen molar-refractivity contribution in [3.63, 3.8) is 0 Å². The maximum Gasteiger partial charge on any atom is 0.237 e. The number of nitrogens with one attached hydrogen (secondary N) is 1. The molecule has 0 saturated heterocycles. The first-order chi connectivity index (χ1) is 6.47. The summed E-state index contributed by atoms with van der Waals surface area (Å²) in [6, 6.07) is 0.0361. The topological polar surface area (TPSA) is 55.1 Å². The minimum atomic E-state index is -0.314. The van der Waals surface area contributed by atoms with Crippen molar-refractivity contribution >= 4 is 5.91 Å². The van der Waals surface area contributed by atoms with Crippen LogP contribution in [0.5, 0.6) is 0 Å². The molecule has 1 aliphatic carbocycles. The molecule has 2 atom stereocenters. The fourth-order valence-electron chi connectivity index (χ4n) is 1.55. The van der Waals surface area contributed by atoms with Crippen molar-refractivity contribution in [2.24, 2.45) is 11.1 Å². The third-order valence-corrected chi connectivity index (χ3v) is 3.04. The first-order valence-electron chi connectivity index (χ1n) is 5.53. The Bertz CT molecular complexity index is 213. The van der Waals surface area contributed by atoms with E-state index in [-0.39, 0.29) is 11.9 Å². The zero-order valence-electron chi connectivity index (χ0n) is 9.47. The fourth-order valence-corrected chi connectivity index (χ4v) is 1.55. The first-order valence-corrected chi connectivity index (χ1v) is 5.53. The van der Waals surface area contributed by atoms with E-state index in [1.807, 2.05) is 0 Å². The molecule has 1 saturated carbocycles. The average molecular weight is 198 g/mol. The fraction of sp³-hybridized carbons (Fsp3) is 0.909. The van der Waals surface area contributed by atoms with Crippen LogP contribution in [0.3, 0.4) is 0 Å². The van der Waals surface area contributed by atoms with E-state index in [4.69, 9.17) is 5.73 Å². The number of hydrogen-bond acceptors (Lipinski definition) is 2. The molecule has 1 fully saturated rings. The smallest absolute Gasteiger partial charge is 0.237 e. The summed E-state index contributed by atoms with van der Waals surface area (Å²) in [5.74, 6) is 0.0222. The van der Waals surface area contributed by atoms with Gasteiger partial charge in [-0.3, -0.25) is 4.79 Å². The predicted octanol–water partition coefficient (Wildman–Crippen LogP) is 1.42. The molecule has 3 nitrogen and oxygen atoms in total. The second kappa shape index (κ2) is 4.30. The summed E-state index contributed by atoms with van der Waals surface area (Å²) in [5.41, 5.74) is 6.05. The van der Waals surface area contributed by atoms with Crippen LogP contribution in [0, 0.1) is 5.41 Å². The largest absolute Gasteiger partial charge is 0.351 e.